The predicted octanol–water partition coefficient (Wildman–Crippen LogP) is 4.06. The molecule has 0 saturated carbocycles. The second-order valence-corrected chi connectivity index (χ2v) is 8.37. The highest BCUT2D eigenvalue weighted by atomic mass is 35.5. The molecule has 3 rings (SSSR count). The van der Waals surface area contributed by atoms with Gasteiger partial charge in [-0.25, -0.2) is 9.97 Å². The second kappa shape index (κ2) is 9.32. The Morgan fingerprint density at radius 2 is 1.97 bits per heavy atom. The first-order chi connectivity index (χ1) is 14.9. The van der Waals surface area contributed by atoms with Crippen LogP contribution >= 0.6 is 11.6 Å². The van der Waals surface area contributed by atoms with Crippen LogP contribution in [0.15, 0.2) is 24.4 Å². The van der Waals surface area contributed by atoms with Gasteiger partial charge in [0.25, 0.3) is 5.91 Å². The van der Waals surface area contributed by atoms with E-state index in [9.17, 15) is 22.8 Å². The van der Waals surface area contributed by atoms with Crippen LogP contribution in [0.5, 0.6) is 0 Å². The third kappa shape index (κ3) is 5.67. The average Bonchev–Trinajstić information content (AvgIpc) is 3.14. The number of hydrogen-bond acceptors (Lipinski definition) is 5. The first-order valence-corrected chi connectivity index (χ1v) is 10.4. The van der Waals surface area contributed by atoms with Crippen LogP contribution in [0.2, 0.25) is 5.02 Å². The number of carbonyl (C=O) groups is 2. The molecule has 2 aromatic rings. The van der Waals surface area contributed by atoms with E-state index >= 15 is 0 Å². The smallest absolute Gasteiger partial charge is 0.353 e. The third-order valence-corrected chi connectivity index (χ3v) is 5.24. The zero-order valence-electron chi connectivity index (χ0n) is 17.8. The summed E-state index contributed by atoms with van der Waals surface area (Å²) in [5.74, 6) is -0.238. The molecule has 3 heterocycles. The zero-order valence-corrected chi connectivity index (χ0v) is 18.5. The highest BCUT2D eigenvalue weighted by Gasteiger charge is 2.33. The average molecular weight is 470 g/mol. The summed E-state index contributed by atoms with van der Waals surface area (Å²) in [6.07, 6.45) is -3.20. The molecule has 11 heteroatoms. The molecule has 0 radical (unpaired) electrons. The molecule has 1 unspecified atom stereocenters. The van der Waals surface area contributed by atoms with Gasteiger partial charge in [-0.05, 0) is 31.5 Å². The minimum atomic E-state index is -4.52. The van der Waals surface area contributed by atoms with Crippen LogP contribution in [0.25, 0.3) is 0 Å². The number of hydrogen-bond donors (Lipinski definition) is 2. The molecule has 2 N–H and O–H groups in total. The van der Waals surface area contributed by atoms with Crippen molar-refractivity contribution < 1.29 is 22.8 Å². The number of halogens is 4. The normalized spacial score (nSPS) is 16.4. The van der Waals surface area contributed by atoms with Gasteiger partial charge in [-0.1, -0.05) is 25.4 Å². The van der Waals surface area contributed by atoms with Gasteiger partial charge < -0.3 is 15.5 Å². The number of carbonyl (C=O) groups excluding carboxylic acids is 2. The van der Waals surface area contributed by atoms with Crippen molar-refractivity contribution in [2.45, 2.75) is 39.4 Å². The van der Waals surface area contributed by atoms with Crippen LogP contribution in [-0.4, -0.2) is 40.9 Å². The van der Waals surface area contributed by atoms with Crippen LogP contribution < -0.4 is 15.5 Å². The number of aromatic nitrogens is 2. The maximum Gasteiger partial charge on any atom is 0.417 e. The third-order valence-electron chi connectivity index (χ3n) is 4.96. The van der Waals surface area contributed by atoms with Crippen LogP contribution in [0.1, 0.15) is 41.9 Å². The number of nitrogens with zero attached hydrogens (tertiary/aromatic N) is 3. The first-order valence-electron chi connectivity index (χ1n) is 10.0. The quantitative estimate of drug-likeness (QED) is 0.689. The lowest BCUT2D eigenvalue weighted by Crippen LogP contribution is -2.37. The Hall–Kier alpha value is -2.88. The van der Waals surface area contributed by atoms with E-state index < -0.39 is 11.7 Å². The molecule has 1 atom stereocenters. The summed E-state index contributed by atoms with van der Waals surface area (Å²) in [5, 5.41) is 5.49. The SMILES string of the molecule is Cc1cc(C(=O)NC2CCN(c3ncc(C(F)(F)F)cc3Cl)C2)cc(NC(=O)C(C)C)n1. The minimum Gasteiger partial charge on any atom is -0.353 e. The Morgan fingerprint density at radius 1 is 1.25 bits per heavy atom. The van der Waals surface area contributed by atoms with Gasteiger partial charge in [-0.3, -0.25) is 9.59 Å². The summed E-state index contributed by atoms with van der Waals surface area (Å²) in [6.45, 7) is 6.06. The summed E-state index contributed by atoms with van der Waals surface area (Å²) >= 11 is 6.03. The van der Waals surface area contributed by atoms with Crippen molar-refractivity contribution in [3.05, 3.63) is 46.2 Å². The van der Waals surface area contributed by atoms with Crippen LogP contribution in [0, 0.1) is 12.8 Å². The van der Waals surface area contributed by atoms with E-state index in [4.69, 9.17) is 11.6 Å². The topological polar surface area (TPSA) is 87.2 Å². The van der Waals surface area contributed by atoms with Crippen LogP contribution in [0.4, 0.5) is 24.8 Å². The van der Waals surface area contributed by atoms with Gasteiger partial charge in [0, 0.05) is 42.5 Å². The molecule has 1 aliphatic rings. The predicted molar refractivity (Wildman–Crippen MR) is 115 cm³/mol. The van der Waals surface area contributed by atoms with E-state index in [-0.39, 0.29) is 34.6 Å². The zero-order chi connectivity index (χ0) is 23.6. The summed E-state index contributed by atoms with van der Waals surface area (Å²) in [6, 6.07) is 3.72. The van der Waals surface area contributed by atoms with E-state index in [1.54, 1.807) is 31.7 Å². The molecule has 2 aromatic heterocycles. The number of rotatable bonds is 5. The molecule has 0 bridgehead atoms. The summed E-state index contributed by atoms with van der Waals surface area (Å²) in [4.78, 5) is 34.5. The fourth-order valence-corrected chi connectivity index (χ4v) is 3.58. The Labute approximate surface area is 188 Å². The molecule has 1 saturated heterocycles. The van der Waals surface area contributed by atoms with Crippen LogP contribution in [0.3, 0.4) is 0 Å². The van der Waals surface area contributed by atoms with E-state index in [1.807, 2.05) is 0 Å². The molecule has 1 aliphatic heterocycles. The lowest BCUT2D eigenvalue weighted by atomic mass is 10.1. The monoisotopic (exact) mass is 469 g/mol. The van der Waals surface area contributed by atoms with E-state index in [0.717, 1.165) is 12.3 Å². The first kappa shape index (κ1) is 23.8. The Morgan fingerprint density at radius 3 is 2.59 bits per heavy atom. The molecule has 0 aromatic carbocycles. The van der Waals surface area contributed by atoms with E-state index in [0.29, 0.717) is 36.6 Å². The van der Waals surface area contributed by atoms with Crippen molar-refractivity contribution in [3.63, 3.8) is 0 Å². The number of aryl methyl sites for hydroxylation is 1. The number of amides is 2. The summed E-state index contributed by atoms with van der Waals surface area (Å²) in [5.41, 5.74) is 0.00917. The molecule has 0 spiro atoms. The molecule has 32 heavy (non-hydrogen) atoms. The highest BCUT2D eigenvalue weighted by molar-refractivity contribution is 6.33. The van der Waals surface area contributed by atoms with Crippen molar-refractivity contribution in [3.8, 4) is 0 Å². The largest absolute Gasteiger partial charge is 0.417 e. The molecule has 1 fully saturated rings. The number of alkyl halides is 3. The molecule has 7 nitrogen and oxygen atoms in total. The van der Waals surface area contributed by atoms with Gasteiger partial charge in [0.15, 0.2) is 0 Å². The van der Waals surface area contributed by atoms with Crippen LogP contribution in [-0.2, 0) is 11.0 Å². The maximum atomic E-state index is 12.8. The van der Waals surface area contributed by atoms with Crippen molar-refractivity contribution in [2.24, 2.45) is 5.92 Å². The van der Waals surface area contributed by atoms with Gasteiger partial charge >= 0.3 is 6.18 Å². The van der Waals surface area contributed by atoms with Crippen molar-refractivity contribution in [2.75, 3.05) is 23.3 Å². The molecule has 2 amide bonds. The molecular weight excluding hydrogens is 447 g/mol. The van der Waals surface area contributed by atoms with Gasteiger partial charge in [-0.2, -0.15) is 13.2 Å². The Balaban J connectivity index is 1.66. The standard InChI is InChI=1S/C21H23ClF3N5O2/c1-11(2)19(31)29-17-7-13(6-12(3)27-17)20(32)28-15-4-5-30(10-15)18-16(22)8-14(9-26-18)21(23,24)25/h6-9,11,15H,4-5,10H2,1-3H3,(H,28,32)(H,27,29,31). The highest BCUT2D eigenvalue weighted by Crippen LogP contribution is 2.34. The summed E-state index contributed by atoms with van der Waals surface area (Å²) < 4.78 is 38.5. The van der Waals surface area contributed by atoms with Crippen molar-refractivity contribution in [1.82, 2.24) is 15.3 Å². The number of anilines is 2. The lowest BCUT2D eigenvalue weighted by Gasteiger charge is -2.20. The van der Waals surface area contributed by atoms with Gasteiger partial charge in [0.05, 0.1) is 10.6 Å². The second-order valence-electron chi connectivity index (χ2n) is 7.96. The molecular formula is C21H23ClF3N5O2. The van der Waals surface area contributed by atoms with Gasteiger partial charge in [-0.15, -0.1) is 0 Å². The minimum absolute atomic E-state index is 0.0953. The number of pyridine rings is 2. The fraction of sp³-hybridized carbons (Fsp3) is 0.429. The number of nitrogens with one attached hydrogen (secondary N) is 2. The fourth-order valence-electron chi connectivity index (χ4n) is 3.29. The summed E-state index contributed by atoms with van der Waals surface area (Å²) in [7, 11) is 0. The lowest BCUT2D eigenvalue weighted by molar-refractivity contribution is -0.137. The molecule has 0 aliphatic carbocycles. The van der Waals surface area contributed by atoms with Crippen molar-refractivity contribution >= 4 is 35.1 Å². The molecule has 172 valence electrons. The van der Waals surface area contributed by atoms with Gasteiger partial charge in [0.2, 0.25) is 5.91 Å². The van der Waals surface area contributed by atoms with Gasteiger partial charge in [0.1, 0.15) is 11.6 Å². The van der Waals surface area contributed by atoms with Crippen molar-refractivity contribution in [1.29, 1.82) is 0 Å². The Kier molecular flexibility index (Phi) is 6.92. The Bertz CT molecular complexity index is 1030. The maximum absolute atomic E-state index is 12.8. The van der Waals surface area contributed by atoms with E-state index in [1.165, 1.54) is 6.07 Å². The van der Waals surface area contributed by atoms with E-state index in [2.05, 4.69) is 20.6 Å².